The molecule has 0 fully saturated rings. The monoisotopic (exact) mass is 475 g/mol. The van der Waals surface area contributed by atoms with Crippen molar-refractivity contribution in [1.82, 2.24) is 5.32 Å². The number of hydrogen-bond donors (Lipinski definition) is 3. The summed E-state index contributed by atoms with van der Waals surface area (Å²) in [5, 5.41) is 13.0. The summed E-state index contributed by atoms with van der Waals surface area (Å²) >= 11 is 0. The van der Waals surface area contributed by atoms with Gasteiger partial charge in [0.05, 0.1) is 17.9 Å². The fourth-order valence-electron chi connectivity index (χ4n) is 3.74. The van der Waals surface area contributed by atoms with Crippen LogP contribution < -0.4 is 5.32 Å². The van der Waals surface area contributed by atoms with Gasteiger partial charge in [0.25, 0.3) is 10.1 Å². The molecular formula is C25H49NO5S. The summed E-state index contributed by atoms with van der Waals surface area (Å²) in [7, 11) is -4.31. The van der Waals surface area contributed by atoms with Gasteiger partial charge in [0.15, 0.2) is 0 Å². The molecule has 7 heteroatoms. The van der Waals surface area contributed by atoms with E-state index in [2.05, 4.69) is 19.2 Å². The minimum Gasteiger partial charge on any atom is -0.387 e. The first kappa shape index (κ1) is 31.1. The lowest BCUT2D eigenvalue weighted by Crippen LogP contribution is -2.46. The van der Waals surface area contributed by atoms with Crippen LogP contribution in [0.25, 0.3) is 0 Å². The molecule has 0 rings (SSSR count). The zero-order chi connectivity index (χ0) is 24.1. The Hall–Kier alpha value is -0.920. The number of aliphatic hydroxyl groups is 1. The lowest BCUT2D eigenvalue weighted by molar-refractivity contribution is -0.122. The largest absolute Gasteiger partial charge is 0.387 e. The van der Waals surface area contributed by atoms with Gasteiger partial charge in [0.1, 0.15) is 0 Å². The Morgan fingerprint density at radius 2 is 1.28 bits per heavy atom. The molecule has 190 valence electrons. The molecule has 0 saturated carbocycles. The van der Waals surface area contributed by atoms with Crippen LogP contribution in [0.4, 0.5) is 0 Å². The molecule has 0 aliphatic rings. The fourth-order valence-corrected chi connectivity index (χ4v) is 4.47. The third kappa shape index (κ3) is 21.0. The van der Waals surface area contributed by atoms with Crippen molar-refractivity contribution in [2.24, 2.45) is 0 Å². The zero-order valence-electron chi connectivity index (χ0n) is 20.6. The van der Waals surface area contributed by atoms with Gasteiger partial charge in [0, 0.05) is 6.42 Å². The summed E-state index contributed by atoms with van der Waals surface area (Å²) in [5.74, 6) is -0.985. The fraction of sp³-hybridized carbons (Fsp3) is 0.880. The van der Waals surface area contributed by atoms with Crippen LogP contribution >= 0.6 is 0 Å². The molecule has 0 radical (unpaired) electrons. The first-order chi connectivity index (χ1) is 15.3. The van der Waals surface area contributed by atoms with Crippen LogP contribution in [0.1, 0.15) is 123 Å². The van der Waals surface area contributed by atoms with E-state index in [0.29, 0.717) is 6.42 Å². The summed E-state index contributed by atoms with van der Waals surface area (Å²) in [6.45, 7) is 4.39. The minimum absolute atomic E-state index is 0.289. The first-order valence-electron chi connectivity index (χ1n) is 12.9. The summed E-state index contributed by atoms with van der Waals surface area (Å²) in [6.07, 6.45) is 20.7. The maximum Gasteiger partial charge on any atom is 0.267 e. The molecule has 3 N–H and O–H groups in total. The molecule has 0 aromatic rings. The van der Waals surface area contributed by atoms with E-state index in [1.165, 1.54) is 70.3 Å². The van der Waals surface area contributed by atoms with Gasteiger partial charge in [-0.15, -0.1) is 0 Å². The number of unbranched alkanes of at least 4 members (excludes halogenated alkanes) is 14. The standard InChI is InChI=1S/C25H49NO5S/c1-3-5-7-9-11-12-13-15-16-18-20-24(27)23(22-32(29,30)31)26-25(28)21-19-17-14-10-8-6-4-2/h18,20,23-24,27H,3-17,19,21-22H2,1-2H3,(H,26,28)(H,29,30,31)/b20-18+. The highest BCUT2D eigenvalue weighted by molar-refractivity contribution is 7.85. The number of nitrogens with one attached hydrogen (secondary N) is 1. The second-order valence-corrected chi connectivity index (χ2v) is 10.5. The molecule has 2 atom stereocenters. The molecule has 0 aliphatic carbocycles. The van der Waals surface area contributed by atoms with Crippen LogP contribution in [0, 0.1) is 0 Å². The third-order valence-corrected chi connectivity index (χ3v) is 6.49. The van der Waals surface area contributed by atoms with Crippen LogP contribution in [-0.4, -0.2) is 41.9 Å². The number of hydrogen-bond acceptors (Lipinski definition) is 4. The van der Waals surface area contributed by atoms with Gasteiger partial charge >= 0.3 is 0 Å². The predicted octanol–water partition coefficient (Wildman–Crippen LogP) is 5.95. The Balaban J connectivity index is 4.23. The maximum atomic E-state index is 12.2. The number of aliphatic hydroxyl groups excluding tert-OH is 1. The van der Waals surface area contributed by atoms with Crippen molar-refractivity contribution in [3.8, 4) is 0 Å². The quantitative estimate of drug-likeness (QED) is 0.102. The highest BCUT2D eigenvalue weighted by atomic mass is 32.2. The number of rotatable bonds is 22. The van der Waals surface area contributed by atoms with E-state index in [1.807, 2.05) is 6.08 Å². The molecule has 32 heavy (non-hydrogen) atoms. The van der Waals surface area contributed by atoms with Crippen molar-refractivity contribution in [1.29, 1.82) is 0 Å². The number of carbonyl (C=O) groups excluding carboxylic acids is 1. The molecule has 0 bridgehead atoms. The Kier molecular flexibility index (Phi) is 20.1. The van der Waals surface area contributed by atoms with E-state index in [9.17, 15) is 22.9 Å². The summed E-state index contributed by atoms with van der Waals surface area (Å²) in [4.78, 5) is 12.2. The van der Waals surface area contributed by atoms with Crippen LogP contribution in [0.2, 0.25) is 0 Å². The van der Waals surface area contributed by atoms with Crippen molar-refractivity contribution in [2.75, 3.05) is 5.75 Å². The van der Waals surface area contributed by atoms with Crippen molar-refractivity contribution in [3.63, 3.8) is 0 Å². The van der Waals surface area contributed by atoms with Crippen LogP contribution in [-0.2, 0) is 14.9 Å². The van der Waals surface area contributed by atoms with Gasteiger partial charge in [-0.1, -0.05) is 109 Å². The van der Waals surface area contributed by atoms with Crippen LogP contribution in [0.5, 0.6) is 0 Å². The second-order valence-electron chi connectivity index (χ2n) is 8.98. The van der Waals surface area contributed by atoms with Gasteiger partial charge < -0.3 is 10.4 Å². The summed E-state index contributed by atoms with van der Waals surface area (Å²) in [6, 6.07) is -1.04. The Morgan fingerprint density at radius 3 is 1.78 bits per heavy atom. The molecule has 0 aliphatic heterocycles. The molecule has 1 amide bonds. The van der Waals surface area contributed by atoms with Crippen LogP contribution in [0.15, 0.2) is 12.2 Å². The first-order valence-corrected chi connectivity index (χ1v) is 14.5. The van der Waals surface area contributed by atoms with Gasteiger partial charge in [-0.25, -0.2) is 0 Å². The van der Waals surface area contributed by atoms with E-state index in [0.717, 1.165) is 38.5 Å². The molecule has 0 heterocycles. The Bertz CT molecular complexity index is 577. The SMILES string of the molecule is CCCCCCCCCC/C=C/C(O)C(CS(=O)(=O)O)NC(=O)CCCCCCCCC. The van der Waals surface area contributed by atoms with E-state index in [4.69, 9.17) is 0 Å². The van der Waals surface area contributed by atoms with Gasteiger partial charge in [-0.2, -0.15) is 8.42 Å². The van der Waals surface area contributed by atoms with E-state index in [1.54, 1.807) is 0 Å². The molecule has 0 aromatic carbocycles. The predicted molar refractivity (Wildman–Crippen MR) is 133 cm³/mol. The molecule has 0 aromatic heterocycles. The van der Waals surface area contributed by atoms with Crippen molar-refractivity contribution >= 4 is 16.0 Å². The second kappa shape index (κ2) is 20.7. The van der Waals surface area contributed by atoms with Gasteiger partial charge in [0.2, 0.25) is 5.91 Å². The Morgan fingerprint density at radius 1 is 0.812 bits per heavy atom. The normalized spacial score (nSPS) is 14.0. The Labute approximate surface area is 197 Å². The van der Waals surface area contributed by atoms with Crippen LogP contribution in [0.3, 0.4) is 0 Å². The van der Waals surface area contributed by atoms with Crippen molar-refractivity contribution in [2.45, 2.75) is 135 Å². The average molecular weight is 476 g/mol. The van der Waals surface area contributed by atoms with Crippen molar-refractivity contribution in [3.05, 3.63) is 12.2 Å². The average Bonchev–Trinajstić information content (AvgIpc) is 2.72. The number of allylic oxidation sites excluding steroid dienone is 1. The van der Waals surface area contributed by atoms with E-state index < -0.39 is 28.0 Å². The minimum atomic E-state index is -4.31. The smallest absolute Gasteiger partial charge is 0.267 e. The van der Waals surface area contributed by atoms with E-state index >= 15 is 0 Å². The summed E-state index contributed by atoms with van der Waals surface area (Å²) < 4.78 is 31.8. The third-order valence-electron chi connectivity index (χ3n) is 5.71. The molecule has 0 spiro atoms. The molecule has 6 nitrogen and oxygen atoms in total. The van der Waals surface area contributed by atoms with Crippen molar-refractivity contribution < 1.29 is 22.9 Å². The maximum absolute atomic E-state index is 12.2. The topological polar surface area (TPSA) is 104 Å². The summed E-state index contributed by atoms with van der Waals surface area (Å²) in [5.41, 5.74) is 0. The molecule has 0 saturated heterocycles. The zero-order valence-corrected chi connectivity index (χ0v) is 21.4. The molecular weight excluding hydrogens is 426 g/mol. The van der Waals surface area contributed by atoms with E-state index in [-0.39, 0.29) is 5.91 Å². The highest BCUT2D eigenvalue weighted by Gasteiger charge is 2.24. The lowest BCUT2D eigenvalue weighted by Gasteiger charge is -2.21. The van der Waals surface area contributed by atoms with Gasteiger partial charge in [-0.3, -0.25) is 9.35 Å². The highest BCUT2D eigenvalue weighted by Crippen LogP contribution is 2.11. The number of amides is 1. The lowest BCUT2D eigenvalue weighted by atomic mass is 10.1. The molecule has 2 unspecified atom stereocenters. The van der Waals surface area contributed by atoms with Gasteiger partial charge in [-0.05, 0) is 19.3 Å². The number of carbonyl (C=O) groups is 1.